The van der Waals surface area contributed by atoms with E-state index in [0.29, 0.717) is 5.69 Å². The first-order chi connectivity index (χ1) is 10.5. The SMILES string of the molecule is COc1ccccc1-c1nc(C(=O)N(C(C)C)C(C)C)cs1. The maximum absolute atomic E-state index is 12.7. The van der Waals surface area contributed by atoms with Gasteiger partial charge in [0.15, 0.2) is 0 Å². The fourth-order valence-corrected chi connectivity index (χ4v) is 3.34. The van der Waals surface area contributed by atoms with Crippen LogP contribution in [-0.2, 0) is 0 Å². The standard InChI is InChI=1S/C17H22N2O2S/c1-11(2)19(12(3)4)17(20)14-10-22-16(18-14)13-8-6-7-9-15(13)21-5/h6-12H,1-5H3. The Labute approximate surface area is 135 Å². The van der Waals surface area contributed by atoms with Crippen LogP contribution in [-0.4, -0.2) is 35.0 Å². The van der Waals surface area contributed by atoms with Crippen molar-refractivity contribution in [3.63, 3.8) is 0 Å². The highest BCUT2D eigenvalue weighted by Crippen LogP contribution is 2.32. The van der Waals surface area contributed by atoms with Gasteiger partial charge in [0.2, 0.25) is 0 Å². The predicted molar refractivity (Wildman–Crippen MR) is 90.5 cm³/mol. The van der Waals surface area contributed by atoms with Gasteiger partial charge in [-0.25, -0.2) is 4.98 Å². The van der Waals surface area contributed by atoms with Gasteiger partial charge in [-0.1, -0.05) is 12.1 Å². The van der Waals surface area contributed by atoms with Gasteiger partial charge in [0.25, 0.3) is 5.91 Å². The van der Waals surface area contributed by atoms with E-state index in [9.17, 15) is 4.79 Å². The normalized spacial score (nSPS) is 11.0. The van der Waals surface area contributed by atoms with Gasteiger partial charge in [-0.05, 0) is 39.8 Å². The number of carbonyl (C=O) groups excluding carboxylic acids is 1. The van der Waals surface area contributed by atoms with Crippen molar-refractivity contribution in [1.82, 2.24) is 9.88 Å². The lowest BCUT2D eigenvalue weighted by atomic mass is 10.2. The molecule has 2 rings (SSSR count). The Bertz CT molecular complexity index is 642. The van der Waals surface area contributed by atoms with E-state index in [4.69, 9.17) is 4.74 Å². The molecule has 0 atom stereocenters. The number of thiazole rings is 1. The molecule has 0 bridgehead atoms. The van der Waals surface area contributed by atoms with Crippen molar-refractivity contribution >= 4 is 17.2 Å². The summed E-state index contributed by atoms with van der Waals surface area (Å²) in [6.45, 7) is 8.08. The molecule has 118 valence electrons. The Morgan fingerprint density at radius 3 is 2.41 bits per heavy atom. The quantitative estimate of drug-likeness (QED) is 0.834. The van der Waals surface area contributed by atoms with Crippen LogP contribution in [0.25, 0.3) is 10.6 Å². The summed E-state index contributed by atoms with van der Waals surface area (Å²) in [6, 6.07) is 7.99. The van der Waals surface area contributed by atoms with Crippen LogP contribution in [0.2, 0.25) is 0 Å². The van der Waals surface area contributed by atoms with Crippen LogP contribution in [0.1, 0.15) is 38.2 Å². The number of methoxy groups -OCH3 is 1. The van der Waals surface area contributed by atoms with E-state index < -0.39 is 0 Å². The molecule has 0 saturated heterocycles. The smallest absolute Gasteiger partial charge is 0.273 e. The lowest BCUT2D eigenvalue weighted by Crippen LogP contribution is -2.42. The summed E-state index contributed by atoms with van der Waals surface area (Å²) in [4.78, 5) is 19.0. The average Bonchev–Trinajstić information content (AvgIpc) is 2.96. The molecule has 1 amide bonds. The fraction of sp³-hybridized carbons (Fsp3) is 0.412. The zero-order valence-corrected chi connectivity index (χ0v) is 14.5. The molecular weight excluding hydrogens is 296 g/mol. The first-order valence-electron chi connectivity index (χ1n) is 7.37. The summed E-state index contributed by atoms with van der Waals surface area (Å²) < 4.78 is 5.36. The first kappa shape index (κ1) is 16.5. The molecule has 4 nitrogen and oxygen atoms in total. The molecule has 0 aliphatic rings. The Hall–Kier alpha value is -1.88. The molecule has 0 aliphatic carbocycles. The molecule has 0 radical (unpaired) electrons. The average molecular weight is 318 g/mol. The second-order valence-corrected chi connectivity index (χ2v) is 6.50. The number of amides is 1. The lowest BCUT2D eigenvalue weighted by Gasteiger charge is -2.30. The molecule has 0 spiro atoms. The van der Waals surface area contributed by atoms with Crippen LogP contribution in [0.4, 0.5) is 0 Å². The van der Waals surface area contributed by atoms with E-state index in [0.717, 1.165) is 16.3 Å². The zero-order valence-electron chi connectivity index (χ0n) is 13.7. The molecule has 2 aromatic rings. The molecule has 0 saturated carbocycles. The van der Waals surface area contributed by atoms with Crippen LogP contribution in [0.3, 0.4) is 0 Å². The van der Waals surface area contributed by atoms with Crippen LogP contribution < -0.4 is 4.74 Å². The number of hydrogen-bond donors (Lipinski definition) is 0. The minimum absolute atomic E-state index is 0.0256. The van der Waals surface area contributed by atoms with Crippen molar-refractivity contribution in [2.24, 2.45) is 0 Å². The van der Waals surface area contributed by atoms with Crippen molar-refractivity contribution < 1.29 is 9.53 Å². The van der Waals surface area contributed by atoms with Gasteiger partial charge in [0.1, 0.15) is 16.5 Å². The zero-order chi connectivity index (χ0) is 16.3. The number of benzene rings is 1. The van der Waals surface area contributed by atoms with E-state index >= 15 is 0 Å². The second-order valence-electron chi connectivity index (χ2n) is 5.64. The highest BCUT2D eigenvalue weighted by atomic mass is 32.1. The van der Waals surface area contributed by atoms with Crippen molar-refractivity contribution in [1.29, 1.82) is 0 Å². The van der Waals surface area contributed by atoms with Gasteiger partial charge in [-0.15, -0.1) is 11.3 Å². The predicted octanol–water partition coefficient (Wildman–Crippen LogP) is 4.08. The molecule has 1 aromatic carbocycles. The number of aromatic nitrogens is 1. The van der Waals surface area contributed by atoms with Gasteiger partial charge in [0, 0.05) is 17.5 Å². The third-order valence-corrected chi connectivity index (χ3v) is 4.28. The molecule has 1 heterocycles. The summed E-state index contributed by atoms with van der Waals surface area (Å²) in [5, 5.41) is 2.62. The number of carbonyl (C=O) groups is 1. The van der Waals surface area contributed by atoms with E-state index in [2.05, 4.69) is 4.98 Å². The van der Waals surface area contributed by atoms with Crippen molar-refractivity contribution in [3.8, 4) is 16.3 Å². The van der Waals surface area contributed by atoms with E-state index in [1.807, 2.05) is 62.2 Å². The Balaban J connectivity index is 2.33. The molecule has 5 heteroatoms. The third kappa shape index (κ3) is 3.30. The first-order valence-corrected chi connectivity index (χ1v) is 8.25. The van der Waals surface area contributed by atoms with E-state index in [1.54, 1.807) is 7.11 Å². The fourth-order valence-electron chi connectivity index (χ4n) is 2.51. The number of para-hydroxylation sites is 1. The molecule has 0 N–H and O–H groups in total. The Kier molecular flexibility index (Phi) is 5.19. The van der Waals surface area contributed by atoms with E-state index in [1.165, 1.54) is 11.3 Å². The highest BCUT2D eigenvalue weighted by molar-refractivity contribution is 7.13. The van der Waals surface area contributed by atoms with Crippen LogP contribution >= 0.6 is 11.3 Å². The van der Waals surface area contributed by atoms with Gasteiger partial charge >= 0.3 is 0 Å². The minimum Gasteiger partial charge on any atom is -0.496 e. The molecule has 0 aliphatic heterocycles. The maximum Gasteiger partial charge on any atom is 0.273 e. The molecular formula is C17H22N2O2S. The summed E-state index contributed by atoms with van der Waals surface area (Å²) in [5.74, 6) is 0.739. The van der Waals surface area contributed by atoms with Crippen LogP contribution in [0.5, 0.6) is 5.75 Å². The second kappa shape index (κ2) is 6.92. The summed E-state index contributed by atoms with van der Waals surface area (Å²) in [6.07, 6.45) is 0. The lowest BCUT2D eigenvalue weighted by molar-refractivity contribution is 0.0638. The van der Waals surface area contributed by atoms with Crippen LogP contribution in [0.15, 0.2) is 29.6 Å². The number of nitrogens with zero attached hydrogens (tertiary/aromatic N) is 2. The molecule has 0 unspecified atom stereocenters. The maximum atomic E-state index is 12.7. The van der Waals surface area contributed by atoms with Crippen molar-refractivity contribution in [2.75, 3.05) is 7.11 Å². The monoisotopic (exact) mass is 318 g/mol. The minimum atomic E-state index is -0.0256. The van der Waals surface area contributed by atoms with Gasteiger partial charge in [-0.3, -0.25) is 4.79 Å². The van der Waals surface area contributed by atoms with Crippen molar-refractivity contribution in [2.45, 2.75) is 39.8 Å². The number of rotatable bonds is 5. The largest absolute Gasteiger partial charge is 0.496 e. The summed E-state index contributed by atoms with van der Waals surface area (Å²) in [5.41, 5.74) is 1.41. The highest BCUT2D eigenvalue weighted by Gasteiger charge is 2.24. The molecule has 1 aromatic heterocycles. The van der Waals surface area contributed by atoms with Gasteiger partial charge in [0.05, 0.1) is 12.7 Å². The number of hydrogen-bond acceptors (Lipinski definition) is 4. The van der Waals surface area contributed by atoms with Gasteiger partial charge in [-0.2, -0.15) is 0 Å². The Morgan fingerprint density at radius 1 is 1.18 bits per heavy atom. The van der Waals surface area contributed by atoms with Crippen LogP contribution in [0, 0.1) is 0 Å². The summed E-state index contributed by atoms with van der Waals surface area (Å²) >= 11 is 1.46. The topological polar surface area (TPSA) is 42.4 Å². The van der Waals surface area contributed by atoms with Gasteiger partial charge < -0.3 is 9.64 Å². The molecule has 22 heavy (non-hydrogen) atoms. The third-order valence-electron chi connectivity index (χ3n) is 3.41. The Morgan fingerprint density at radius 2 is 1.82 bits per heavy atom. The molecule has 0 fully saturated rings. The number of ether oxygens (including phenoxy) is 1. The van der Waals surface area contributed by atoms with Crippen molar-refractivity contribution in [3.05, 3.63) is 35.3 Å². The van der Waals surface area contributed by atoms with E-state index in [-0.39, 0.29) is 18.0 Å². The summed E-state index contributed by atoms with van der Waals surface area (Å²) in [7, 11) is 1.64.